The minimum Gasteiger partial charge on any atom is -0.495 e. The number of rotatable bonds is 11. The zero-order valence-electron chi connectivity index (χ0n) is 31.3. The first kappa shape index (κ1) is 39.7. The van der Waals surface area contributed by atoms with Crippen molar-refractivity contribution in [2.45, 2.75) is 50.5 Å². The Hall–Kier alpha value is -6.56. The van der Waals surface area contributed by atoms with Crippen molar-refractivity contribution in [2.75, 3.05) is 42.8 Å². The molecule has 1 atom stereocenters. The number of benzene rings is 3. The smallest absolute Gasteiger partial charge is 0.419 e. The van der Waals surface area contributed by atoms with Crippen LogP contribution in [-0.4, -0.2) is 78.8 Å². The van der Waals surface area contributed by atoms with Crippen molar-refractivity contribution in [3.05, 3.63) is 100 Å². The maximum absolute atomic E-state index is 15.5. The highest BCUT2D eigenvalue weighted by atomic mass is 19.4. The summed E-state index contributed by atoms with van der Waals surface area (Å²) >= 11 is 0. The standard InChI is InChI=1S/C40H38F4N8O6/c1-45-36(54)25-5-3-4-6-29(25)48-30-18-34(47-20-27(30)40(42,43)44)49-31-17-28(41)21(15-33(31)58-2)19-46-22-11-13-51(14-12-22)23-7-8-24-26(16-23)39(57)52(38(24)56)32-9-10-35(53)50-37(32)55/h3-8,15-18,20,22,32,46H,9-14,19H2,1-2H3,(H,45,54)(H2,47,48,49)(H,50,53,55). The second-order valence-corrected chi connectivity index (χ2v) is 14.0. The molecule has 5 amide bonds. The van der Waals surface area contributed by atoms with Gasteiger partial charge < -0.3 is 30.9 Å². The number of fused-ring (bicyclic) bond motifs is 1. The predicted molar refractivity (Wildman–Crippen MR) is 204 cm³/mol. The molecular weight excluding hydrogens is 764 g/mol. The number of amides is 5. The lowest BCUT2D eigenvalue weighted by molar-refractivity contribution is -0.137. The summed E-state index contributed by atoms with van der Waals surface area (Å²) in [6.45, 7) is 1.34. The van der Waals surface area contributed by atoms with Crippen LogP contribution >= 0.6 is 0 Å². The van der Waals surface area contributed by atoms with Gasteiger partial charge in [0.2, 0.25) is 11.8 Å². The third-order valence-electron chi connectivity index (χ3n) is 10.4. The van der Waals surface area contributed by atoms with Crippen LogP contribution in [0.5, 0.6) is 5.75 Å². The number of anilines is 5. The lowest BCUT2D eigenvalue weighted by atomic mass is 10.0. The number of hydrogen-bond acceptors (Lipinski definition) is 11. The Labute approximate surface area is 329 Å². The van der Waals surface area contributed by atoms with Gasteiger partial charge in [0.25, 0.3) is 17.7 Å². The summed E-state index contributed by atoms with van der Waals surface area (Å²) in [5.41, 5.74) is 0.346. The van der Waals surface area contributed by atoms with Gasteiger partial charge in [-0.05, 0) is 55.7 Å². The van der Waals surface area contributed by atoms with Crippen LogP contribution in [0, 0.1) is 5.82 Å². The topological polar surface area (TPSA) is 174 Å². The normalized spacial score (nSPS) is 17.2. The predicted octanol–water partition coefficient (Wildman–Crippen LogP) is 5.25. The van der Waals surface area contributed by atoms with E-state index >= 15 is 4.39 Å². The quantitative estimate of drug-likeness (QED) is 0.0990. The van der Waals surface area contributed by atoms with Crippen LogP contribution in [0.3, 0.4) is 0 Å². The number of methoxy groups -OCH3 is 1. The minimum absolute atomic E-state index is 0.0101. The Morgan fingerprint density at radius 2 is 1.66 bits per heavy atom. The van der Waals surface area contributed by atoms with Gasteiger partial charge in [-0.25, -0.2) is 9.37 Å². The maximum Gasteiger partial charge on any atom is 0.419 e. The number of pyridine rings is 1. The van der Waals surface area contributed by atoms with Gasteiger partial charge in [-0.2, -0.15) is 13.2 Å². The fraction of sp³-hybridized carbons (Fsp3) is 0.300. The van der Waals surface area contributed by atoms with E-state index in [2.05, 4.69) is 36.5 Å². The first-order chi connectivity index (χ1) is 27.7. The number of hydrogen-bond donors (Lipinski definition) is 5. The third-order valence-corrected chi connectivity index (χ3v) is 10.4. The summed E-state index contributed by atoms with van der Waals surface area (Å²) in [7, 11) is 2.78. The second-order valence-electron chi connectivity index (χ2n) is 14.0. The molecule has 302 valence electrons. The van der Waals surface area contributed by atoms with E-state index in [1.54, 1.807) is 30.3 Å². The largest absolute Gasteiger partial charge is 0.495 e. The van der Waals surface area contributed by atoms with Crippen molar-refractivity contribution >= 4 is 58.1 Å². The van der Waals surface area contributed by atoms with E-state index in [9.17, 15) is 37.1 Å². The molecule has 3 aliphatic heterocycles. The number of carbonyl (C=O) groups excluding carboxylic acids is 5. The van der Waals surface area contributed by atoms with Crippen molar-refractivity contribution in [3.8, 4) is 5.75 Å². The number of piperidine rings is 2. The number of halogens is 4. The Bertz CT molecular complexity index is 2310. The molecule has 4 aromatic rings. The first-order valence-corrected chi connectivity index (χ1v) is 18.4. The van der Waals surface area contributed by atoms with E-state index in [-0.39, 0.29) is 70.7 Å². The number of nitrogens with zero attached hydrogens (tertiary/aromatic N) is 3. The van der Waals surface area contributed by atoms with Gasteiger partial charge in [-0.3, -0.25) is 34.2 Å². The molecule has 3 aliphatic rings. The zero-order valence-corrected chi connectivity index (χ0v) is 31.3. The van der Waals surface area contributed by atoms with E-state index in [0.717, 1.165) is 16.7 Å². The molecule has 2 saturated heterocycles. The van der Waals surface area contributed by atoms with Gasteiger partial charge in [0.05, 0.1) is 46.4 Å². The SMILES string of the molecule is CNC(=O)c1ccccc1Nc1cc(Nc2cc(F)c(CNC3CCN(c4ccc5c(c4)C(=O)N(C4CCC(=O)NC4=O)C5=O)CC3)cc2OC)ncc1C(F)(F)F. The Morgan fingerprint density at radius 3 is 2.36 bits per heavy atom. The fourth-order valence-corrected chi connectivity index (χ4v) is 7.31. The van der Waals surface area contributed by atoms with Crippen LogP contribution in [0.25, 0.3) is 0 Å². The molecule has 2 fully saturated rings. The van der Waals surface area contributed by atoms with Crippen LogP contribution in [0.2, 0.25) is 0 Å². The lowest BCUT2D eigenvalue weighted by Crippen LogP contribution is -2.54. The van der Waals surface area contributed by atoms with Crippen molar-refractivity contribution in [1.82, 2.24) is 25.8 Å². The van der Waals surface area contributed by atoms with E-state index in [1.807, 2.05) is 0 Å². The molecule has 0 radical (unpaired) electrons. The molecule has 4 heterocycles. The molecule has 1 aromatic heterocycles. The molecule has 0 aliphatic carbocycles. The summed E-state index contributed by atoms with van der Waals surface area (Å²) in [4.78, 5) is 69.7. The molecular formula is C40H38F4N8O6. The van der Waals surface area contributed by atoms with Crippen LogP contribution in [0.4, 0.5) is 46.1 Å². The average Bonchev–Trinajstić information content (AvgIpc) is 3.45. The lowest BCUT2D eigenvalue weighted by Gasteiger charge is -2.34. The number of imide groups is 2. The number of para-hydroxylation sites is 1. The maximum atomic E-state index is 15.5. The summed E-state index contributed by atoms with van der Waals surface area (Å²) < 4.78 is 63.1. The number of carbonyl (C=O) groups is 5. The highest BCUT2D eigenvalue weighted by Gasteiger charge is 2.45. The third kappa shape index (κ3) is 8.00. The minimum atomic E-state index is -4.78. The summed E-state index contributed by atoms with van der Waals surface area (Å²) in [5, 5.41) is 13.6. The zero-order chi connectivity index (χ0) is 41.3. The number of alkyl halides is 3. The van der Waals surface area contributed by atoms with Crippen LogP contribution in [-0.2, 0) is 22.3 Å². The second kappa shape index (κ2) is 16.1. The highest BCUT2D eigenvalue weighted by molar-refractivity contribution is 6.23. The number of ether oxygens (including phenoxy) is 1. The van der Waals surface area contributed by atoms with Gasteiger partial charge in [0, 0.05) is 68.7 Å². The van der Waals surface area contributed by atoms with E-state index < -0.39 is 53.1 Å². The van der Waals surface area contributed by atoms with Gasteiger partial charge in [0.1, 0.15) is 23.4 Å². The molecule has 0 bridgehead atoms. The van der Waals surface area contributed by atoms with Gasteiger partial charge in [0.15, 0.2) is 0 Å². The summed E-state index contributed by atoms with van der Waals surface area (Å²) in [6.07, 6.45) is -2.69. The van der Waals surface area contributed by atoms with Crippen molar-refractivity contribution in [2.24, 2.45) is 0 Å². The number of aromatic nitrogens is 1. The molecule has 18 heteroatoms. The van der Waals surface area contributed by atoms with Crippen molar-refractivity contribution in [3.63, 3.8) is 0 Å². The average molecular weight is 803 g/mol. The van der Waals surface area contributed by atoms with E-state index in [1.165, 1.54) is 38.4 Å². The van der Waals surface area contributed by atoms with Gasteiger partial charge in [-0.1, -0.05) is 12.1 Å². The van der Waals surface area contributed by atoms with Crippen molar-refractivity contribution in [1.29, 1.82) is 0 Å². The summed E-state index contributed by atoms with van der Waals surface area (Å²) in [5.74, 6) is -3.19. The van der Waals surface area contributed by atoms with E-state index in [4.69, 9.17) is 4.74 Å². The molecule has 0 saturated carbocycles. The monoisotopic (exact) mass is 802 g/mol. The molecule has 0 spiro atoms. The van der Waals surface area contributed by atoms with Crippen LogP contribution in [0.1, 0.15) is 67.9 Å². The van der Waals surface area contributed by atoms with Gasteiger partial charge in [-0.15, -0.1) is 0 Å². The van der Waals surface area contributed by atoms with E-state index in [0.29, 0.717) is 37.7 Å². The first-order valence-electron chi connectivity index (χ1n) is 18.4. The molecule has 14 nitrogen and oxygen atoms in total. The summed E-state index contributed by atoms with van der Waals surface area (Å²) in [6, 6.07) is 13.8. The molecule has 5 N–H and O–H groups in total. The van der Waals surface area contributed by atoms with Crippen molar-refractivity contribution < 1.29 is 46.3 Å². The Kier molecular flexibility index (Phi) is 11.0. The molecule has 3 aromatic carbocycles. The highest BCUT2D eigenvalue weighted by Crippen LogP contribution is 2.39. The fourth-order valence-electron chi connectivity index (χ4n) is 7.31. The molecule has 7 rings (SSSR count). The molecule has 1 unspecified atom stereocenters. The van der Waals surface area contributed by atoms with Crippen LogP contribution in [0.15, 0.2) is 66.9 Å². The Morgan fingerprint density at radius 1 is 0.914 bits per heavy atom. The Balaban J connectivity index is 0.989. The van der Waals surface area contributed by atoms with Gasteiger partial charge >= 0.3 is 6.18 Å². The van der Waals surface area contributed by atoms with Crippen LogP contribution < -0.4 is 36.2 Å². The number of nitrogens with one attached hydrogen (secondary N) is 5. The molecule has 58 heavy (non-hydrogen) atoms.